The lowest BCUT2D eigenvalue weighted by molar-refractivity contribution is -0.183. The van der Waals surface area contributed by atoms with Gasteiger partial charge in [-0.3, -0.25) is 4.84 Å². The average Bonchev–Trinajstić information content (AvgIpc) is 2.21. The van der Waals surface area contributed by atoms with Gasteiger partial charge in [0.2, 0.25) is 0 Å². The Balaban J connectivity index is 2.47. The lowest BCUT2D eigenvalue weighted by Crippen LogP contribution is -2.32. The van der Waals surface area contributed by atoms with Crippen molar-refractivity contribution in [2.24, 2.45) is 0 Å². The largest absolute Gasteiger partial charge is 0.414 e. The Morgan fingerprint density at radius 1 is 1.33 bits per heavy atom. The van der Waals surface area contributed by atoms with E-state index in [1.165, 1.54) is 18.2 Å². The van der Waals surface area contributed by atoms with Crippen LogP contribution in [0.15, 0.2) is 18.2 Å². The van der Waals surface area contributed by atoms with Crippen molar-refractivity contribution in [3.63, 3.8) is 0 Å². The lowest BCUT2D eigenvalue weighted by Gasteiger charge is -2.10. The molecule has 0 unspecified atom stereocenters. The van der Waals surface area contributed by atoms with E-state index < -0.39 is 18.8 Å². The third-order valence-electron chi connectivity index (χ3n) is 1.58. The van der Waals surface area contributed by atoms with Crippen LogP contribution in [0.3, 0.4) is 0 Å². The van der Waals surface area contributed by atoms with Gasteiger partial charge in [0.15, 0.2) is 6.61 Å². The number of carbonyl (C=O) groups is 1. The Hall–Kier alpha value is -1.18. The number of amides is 2. The fourth-order valence-corrected chi connectivity index (χ4v) is 1.26. The van der Waals surface area contributed by atoms with Crippen molar-refractivity contribution >= 4 is 34.9 Å². The highest BCUT2D eigenvalue weighted by Crippen LogP contribution is 2.25. The number of hydrogen-bond donors (Lipinski definition) is 2. The van der Waals surface area contributed by atoms with E-state index in [-0.39, 0.29) is 10.7 Å². The van der Waals surface area contributed by atoms with Crippen LogP contribution in [0.2, 0.25) is 10.0 Å². The van der Waals surface area contributed by atoms with Crippen LogP contribution in [0.4, 0.5) is 23.7 Å². The van der Waals surface area contributed by atoms with Crippen molar-refractivity contribution < 1.29 is 22.8 Å². The second-order valence-corrected chi connectivity index (χ2v) is 3.93. The number of nitrogens with one attached hydrogen (secondary N) is 2. The first-order valence-electron chi connectivity index (χ1n) is 4.48. The highest BCUT2D eigenvalue weighted by molar-refractivity contribution is 6.35. The molecule has 1 aromatic rings. The normalized spacial score (nSPS) is 11.2. The topological polar surface area (TPSA) is 50.4 Å². The molecule has 0 saturated heterocycles. The van der Waals surface area contributed by atoms with E-state index in [2.05, 4.69) is 10.2 Å². The Bertz CT molecular complexity index is 440. The number of benzene rings is 1. The average molecular weight is 303 g/mol. The molecule has 0 heterocycles. The minimum Gasteiger partial charge on any atom is -0.305 e. The molecule has 2 amide bonds. The Labute approximate surface area is 110 Å². The number of anilines is 1. The molecule has 0 aromatic heterocycles. The van der Waals surface area contributed by atoms with Crippen molar-refractivity contribution in [3.8, 4) is 0 Å². The lowest BCUT2D eigenvalue weighted by atomic mass is 10.3. The van der Waals surface area contributed by atoms with Gasteiger partial charge in [0.05, 0.1) is 10.7 Å². The summed E-state index contributed by atoms with van der Waals surface area (Å²) in [6, 6.07) is 3.26. The number of hydrogen-bond acceptors (Lipinski definition) is 2. The summed E-state index contributed by atoms with van der Waals surface area (Å²) >= 11 is 11.4. The zero-order valence-corrected chi connectivity index (χ0v) is 10.2. The van der Waals surface area contributed by atoms with Gasteiger partial charge in [0, 0.05) is 5.02 Å². The van der Waals surface area contributed by atoms with Crippen molar-refractivity contribution in [2.75, 3.05) is 11.9 Å². The fraction of sp³-hybridized carbons (Fsp3) is 0.222. The molecule has 9 heteroatoms. The van der Waals surface area contributed by atoms with Crippen molar-refractivity contribution in [1.82, 2.24) is 5.48 Å². The van der Waals surface area contributed by atoms with Crippen LogP contribution in [0, 0.1) is 0 Å². The van der Waals surface area contributed by atoms with Gasteiger partial charge >= 0.3 is 12.2 Å². The summed E-state index contributed by atoms with van der Waals surface area (Å²) in [5, 5.41) is 2.68. The third kappa shape index (κ3) is 5.44. The van der Waals surface area contributed by atoms with E-state index in [0.717, 1.165) is 0 Å². The smallest absolute Gasteiger partial charge is 0.305 e. The van der Waals surface area contributed by atoms with E-state index in [9.17, 15) is 18.0 Å². The first kappa shape index (κ1) is 14.9. The van der Waals surface area contributed by atoms with E-state index >= 15 is 0 Å². The first-order valence-corrected chi connectivity index (χ1v) is 5.24. The molecule has 100 valence electrons. The van der Waals surface area contributed by atoms with Crippen LogP contribution in [0.5, 0.6) is 0 Å². The molecule has 4 nitrogen and oxygen atoms in total. The van der Waals surface area contributed by atoms with Gasteiger partial charge < -0.3 is 5.32 Å². The van der Waals surface area contributed by atoms with E-state index in [1.54, 1.807) is 5.48 Å². The summed E-state index contributed by atoms with van der Waals surface area (Å²) in [7, 11) is 0. The summed E-state index contributed by atoms with van der Waals surface area (Å²) < 4.78 is 35.1. The summed E-state index contributed by atoms with van der Waals surface area (Å²) in [6.45, 7) is -1.59. The van der Waals surface area contributed by atoms with Gasteiger partial charge in [-0.15, -0.1) is 0 Å². The molecule has 0 spiro atoms. The van der Waals surface area contributed by atoms with E-state index in [0.29, 0.717) is 5.02 Å². The molecule has 0 aliphatic carbocycles. The molecule has 0 aliphatic heterocycles. The van der Waals surface area contributed by atoms with Crippen LogP contribution < -0.4 is 10.8 Å². The van der Waals surface area contributed by atoms with Crippen LogP contribution in [0.1, 0.15) is 0 Å². The molecule has 1 aromatic carbocycles. The van der Waals surface area contributed by atoms with Crippen molar-refractivity contribution in [2.45, 2.75) is 6.18 Å². The minimum atomic E-state index is -4.53. The van der Waals surface area contributed by atoms with Crippen LogP contribution in [-0.2, 0) is 4.84 Å². The molecule has 0 bridgehead atoms. The first-order chi connectivity index (χ1) is 8.28. The predicted molar refractivity (Wildman–Crippen MR) is 60.6 cm³/mol. The zero-order valence-electron chi connectivity index (χ0n) is 8.65. The fourth-order valence-electron chi connectivity index (χ4n) is 0.925. The van der Waals surface area contributed by atoms with Crippen molar-refractivity contribution in [3.05, 3.63) is 28.2 Å². The number of carbonyl (C=O) groups excluding carboxylic acids is 1. The van der Waals surface area contributed by atoms with Gasteiger partial charge in [0.1, 0.15) is 0 Å². The molecule has 2 N–H and O–H groups in total. The van der Waals surface area contributed by atoms with E-state index in [1.807, 2.05) is 0 Å². The van der Waals surface area contributed by atoms with Gasteiger partial charge in [-0.2, -0.15) is 13.2 Å². The monoisotopic (exact) mass is 302 g/mol. The highest BCUT2D eigenvalue weighted by atomic mass is 35.5. The number of rotatable bonds is 3. The van der Waals surface area contributed by atoms with Gasteiger partial charge in [-0.05, 0) is 18.2 Å². The minimum absolute atomic E-state index is 0.150. The molecule has 0 saturated carbocycles. The van der Waals surface area contributed by atoms with Crippen molar-refractivity contribution in [1.29, 1.82) is 0 Å². The molecule has 0 atom stereocenters. The number of alkyl halides is 3. The maximum absolute atomic E-state index is 11.7. The molecular weight excluding hydrogens is 296 g/mol. The summed E-state index contributed by atoms with van der Waals surface area (Å²) in [6.07, 6.45) is -4.53. The van der Waals surface area contributed by atoms with Crippen LogP contribution in [0.25, 0.3) is 0 Å². The maximum atomic E-state index is 11.7. The molecule has 1 rings (SSSR count). The second kappa shape index (κ2) is 6.12. The van der Waals surface area contributed by atoms with Gasteiger partial charge in [-0.25, -0.2) is 10.3 Å². The van der Waals surface area contributed by atoms with Crippen LogP contribution in [-0.4, -0.2) is 18.8 Å². The molecule has 0 fully saturated rings. The molecule has 18 heavy (non-hydrogen) atoms. The van der Waals surface area contributed by atoms with Gasteiger partial charge in [-0.1, -0.05) is 23.2 Å². The summed E-state index contributed by atoms with van der Waals surface area (Å²) in [5.74, 6) is 0. The maximum Gasteiger partial charge on any atom is 0.414 e. The number of halogens is 5. The quantitative estimate of drug-likeness (QED) is 0.838. The SMILES string of the molecule is O=C(NOCC(F)(F)F)Nc1cc(Cl)ccc1Cl. The van der Waals surface area contributed by atoms with E-state index in [4.69, 9.17) is 23.2 Å². The Kier molecular flexibility index (Phi) is 5.06. The Morgan fingerprint density at radius 3 is 2.61 bits per heavy atom. The van der Waals surface area contributed by atoms with Crippen LogP contribution >= 0.6 is 23.2 Å². The predicted octanol–water partition coefficient (Wildman–Crippen LogP) is 3.61. The highest BCUT2D eigenvalue weighted by Gasteiger charge is 2.28. The summed E-state index contributed by atoms with van der Waals surface area (Å²) in [4.78, 5) is 15.1. The molecule has 0 aliphatic rings. The molecular formula is C9H7Cl2F3N2O2. The standard InChI is InChI=1S/C9H7Cl2F3N2O2/c10-5-1-2-6(11)7(3-5)15-8(17)16-18-4-9(12,13)14/h1-3H,4H2,(H2,15,16,17). The Morgan fingerprint density at radius 2 is 2.00 bits per heavy atom. The summed E-state index contributed by atoms with van der Waals surface area (Å²) in [5.41, 5.74) is 1.71. The van der Waals surface area contributed by atoms with Gasteiger partial charge in [0.25, 0.3) is 0 Å². The molecule has 0 radical (unpaired) electrons. The second-order valence-electron chi connectivity index (χ2n) is 3.08. The zero-order chi connectivity index (χ0) is 13.8. The number of hydroxylamine groups is 1. The number of urea groups is 1. The third-order valence-corrected chi connectivity index (χ3v) is 2.14.